The number of aromatic nitrogens is 2. The first-order valence-corrected chi connectivity index (χ1v) is 5.91. The molecule has 7 nitrogen and oxygen atoms in total. The number of rotatable bonds is 3. The second-order valence-electron chi connectivity index (χ2n) is 4.18. The monoisotopic (exact) mass is 270 g/mol. The lowest BCUT2D eigenvalue weighted by molar-refractivity contribution is 0.252. The Morgan fingerprint density at radius 3 is 2.70 bits per heavy atom. The van der Waals surface area contributed by atoms with E-state index in [4.69, 9.17) is 11.0 Å². The SMILES string of the molecule is Cn1ncc(CNC(=O)Nc2ccc(C#N)cc2)c1N. The number of nitrogens with two attached hydrogens (primary N) is 1. The molecule has 0 saturated heterocycles. The molecule has 0 saturated carbocycles. The molecule has 2 amide bonds. The van der Waals surface area contributed by atoms with Crippen LogP contribution in [0.25, 0.3) is 0 Å². The van der Waals surface area contributed by atoms with Gasteiger partial charge in [0.1, 0.15) is 5.82 Å². The van der Waals surface area contributed by atoms with Gasteiger partial charge in [0.25, 0.3) is 0 Å². The Morgan fingerprint density at radius 2 is 2.15 bits per heavy atom. The normalized spacial score (nSPS) is 9.80. The zero-order valence-electron chi connectivity index (χ0n) is 10.9. The Morgan fingerprint density at radius 1 is 1.45 bits per heavy atom. The molecule has 0 aliphatic rings. The maximum Gasteiger partial charge on any atom is 0.319 e. The van der Waals surface area contributed by atoms with Crippen LogP contribution >= 0.6 is 0 Å². The number of benzene rings is 1. The van der Waals surface area contributed by atoms with Crippen LogP contribution in [0, 0.1) is 11.3 Å². The van der Waals surface area contributed by atoms with E-state index in [9.17, 15) is 4.79 Å². The number of urea groups is 1. The molecule has 102 valence electrons. The number of aryl methyl sites for hydroxylation is 1. The van der Waals surface area contributed by atoms with Crippen molar-refractivity contribution < 1.29 is 4.79 Å². The molecule has 0 atom stereocenters. The van der Waals surface area contributed by atoms with Crippen molar-refractivity contribution in [2.24, 2.45) is 7.05 Å². The van der Waals surface area contributed by atoms with Gasteiger partial charge in [-0.15, -0.1) is 0 Å². The van der Waals surface area contributed by atoms with E-state index >= 15 is 0 Å². The first-order chi connectivity index (χ1) is 9.60. The Balaban J connectivity index is 1.89. The maximum atomic E-state index is 11.7. The van der Waals surface area contributed by atoms with E-state index in [0.29, 0.717) is 23.6 Å². The number of carbonyl (C=O) groups is 1. The van der Waals surface area contributed by atoms with Gasteiger partial charge in [-0.05, 0) is 24.3 Å². The smallest absolute Gasteiger partial charge is 0.319 e. The molecule has 2 rings (SSSR count). The highest BCUT2D eigenvalue weighted by Crippen LogP contribution is 2.10. The van der Waals surface area contributed by atoms with Gasteiger partial charge in [-0.2, -0.15) is 10.4 Å². The summed E-state index contributed by atoms with van der Waals surface area (Å²) in [4.78, 5) is 11.7. The lowest BCUT2D eigenvalue weighted by atomic mass is 10.2. The lowest BCUT2D eigenvalue weighted by Crippen LogP contribution is -2.28. The lowest BCUT2D eigenvalue weighted by Gasteiger charge is -2.07. The van der Waals surface area contributed by atoms with Gasteiger partial charge >= 0.3 is 6.03 Å². The summed E-state index contributed by atoms with van der Waals surface area (Å²) in [6.45, 7) is 0.293. The number of nitriles is 1. The van der Waals surface area contributed by atoms with Crippen LogP contribution in [0.4, 0.5) is 16.3 Å². The van der Waals surface area contributed by atoms with Gasteiger partial charge < -0.3 is 16.4 Å². The number of nitrogens with one attached hydrogen (secondary N) is 2. The third-order valence-corrected chi connectivity index (χ3v) is 2.78. The van der Waals surface area contributed by atoms with E-state index in [1.165, 1.54) is 4.68 Å². The number of nitrogen functional groups attached to an aromatic ring is 1. The minimum absolute atomic E-state index is 0.293. The van der Waals surface area contributed by atoms with Crippen molar-refractivity contribution in [3.63, 3.8) is 0 Å². The van der Waals surface area contributed by atoms with Crippen molar-refractivity contribution in [2.75, 3.05) is 11.1 Å². The minimum Gasteiger partial charge on any atom is -0.384 e. The third-order valence-electron chi connectivity index (χ3n) is 2.78. The molecular weight excluding hydrogens is 256 g/mol. The second-order valence-corrected chi connectivity index (χ2v) is 4.18. The van der Waals surface area contributed by atoms with E-state index in [1.54, 1.807) is 37.5 Å². The highest BCUT2D eigenvalue weighted by Gasteiger charge is 2.06. The van der Waals surface area contributed by atoms with Crippen LogP contribution in [-0.4, -0.2) is 15.8 Å². The van der Waals surface area contributed by atoms with Gasteiger partial charge in [0, 0.05) is 24.8 Å². The van der Waals surface area contributed by atoms with Gasteiger partial charge in [0.15, 0.2) is 0 Å². The van der Waals surface area contributed by atoms with Crippen LogP contribution in [0.2, 0.25) is 0 Å². The Hall–Kier alpha value is -3.01. The van der Waals surface area contributed by atoms with Crippen molar-refractivity contribution in [3.05, 3.63) is 41.6 Å². The summed E-state index contributed by atoms with van der Waals surface area (Å²) in [5, 5.41) is 18.0. The van der Waals surface area contributed by atoms with Crippen LogP contribution in [0.1, 0.15) is 11.1 Å². The number of carbonyl (C=O) groups excluding carboxylic acids is 1. The van der Waals surface area contributed by atoms with Crippen molar-refractivity contribution in [2.45, 2.75) is 6.54 Å². The number of amides is 2. The average molecular weight is 270 g/mol. The molecule has 1 heterocycles. The van der Waals surface area contributed by atoms with E-state index in [1.807, 2.05) is 6.07 Å². The highest BCUT2D eigenvalue weighted by molar-refractivity contribution is 5.89. The topological polar surface area (TPSA) is 109 Å². The van der Waals surface area contributed by atoms with Crippen molar-refractivity contribution >= 4 is 17.5 Å². The van der Waals surface area contributed by atoms with Crippen molar-refractivity contribution in [3.8, 4) is 6.07 Å². The van der Waals surface area contributed by atoms with Crippen LogP contribution < -0.4 is 16.4 Å². The third kappa shape index (κ3) is 3.05. The standard InChI is InChI=1S/C13H14N6O/c1-19-12(15)10(8-17-19)7-16-13(20)18-11-4-2-9(6-14)3-5-11/h2-5,8H,7,15H2,1H3,(H2,16,18,20). The zero-order chi connectivity index (χ0) is 14.5. The van der Waals surface area contributed by atoms with E-state index in [-0.39, 0.29) is 6.03 Å². The molecule has 0 spiro atoms. The van der Waals surface area contributed by atoms with E-state index in [2.05, 4.69) is 15.7 Å². The predicted octanol–water partition coefficient (Wildman–Crippen LogP) is 1.20. The number of anilines is 2. The van der Waals surface area contributed by atoms with Crippen LogP contribution in [-0.2, 0) is 13.6 Å². The Labute approximate surface area is 116 Å². The van der Waals surface area contributed by atoms with Crippen molar-refractivity contribution in [1.29, 1.82) is 5.26 Å². The van der Waals surface area contributed by atoms with Crippen LogP contribution in [0.3, 0.4) is 0 Å². The molecule has 4 N–H and O–H groups in total. The molecular formula is C13H14N6O. The minimum atomic E-state index is -0.349. The molecule has 0 aliphatic heterocycles. The fourth-order valence-electron chi connectivity index (χ4n) is 1.61. The summed E-state index contributed by atoms with van der Waals surface area (Å²) < 4.78 is 1.54. The van der Waals surface area contributed by atoms with Gasteiger partial charge in [-0.25, -0.2) is 4.79 Å². The number of nitrogens with zero attached hydrogens (tertiary/aromatic N) is 3. The Bertz CT molecular complexity index is 652. The molecule has 0 fully saturated rings. The van der Waals surface area contributed by atoms with Gasteiger partial charge in [-0.3, -0.25) is 4.68 Å². The molecule has 1 aromatic heterocycles. The molecule has 0 radical (unpaired) electrons. The summed E-state index contributed by atoms with van der Waals surface area (Å²) >= 11 is 0. The Kier molecular flexibility index (Phi) is 3.86. The first kappa shape index (κ1) is 13.4. The average Bonchev–Trinajstić information content (AvgIpc) is 2.77. The maximum absolute atomic E-state index is 11.7. The molecule has 20 heavy (non-hydrogen) atoms. The first-order valence-electron chi connectivity index (χ1n) is 5.91. The molecule has 1 aromatic carbocycles. The molecule has 0 unspecified atom stereocenters. The number of hydrogen-bond acceptors (Lipinski definition) is 4. The second kappa shape index (κ2) is 5.75. The predicted molar refractivity (Wildman–Crippen MR) is 74.6 cm³/mol. The zero-order valence-corrected chi connectivity index (χ0v) is 10.9. The van der Waals surface area contributed by atoms with Crippen LogP contribution in [0.15, 0.2) is 30.5 Å². The summed E-state index contributed by atoms with van der Waals surface area (Å²) in [7, 11) is 1.73. The fraction of sp³-hybridized carbons (Fsp3) is 0.154. The number of hydrogen-bond donors (Lipinski definition) is 3. The summed E-state index contributed by atoms with van der Waals surface area (Å²) in [6, 6.07) is 8.26. The highest BCUT2D eigenvalue weighted by atomic mass is 16.2. The fourth-order valence-corrected chi connectivity index (χ4v) is 1.61. The molecule has 0 aliphatic carbocycles. The summed E-state index contributed by atoms with van der Waals surface area (Å²) in [6.07, 6.45) is 1.61. The molecule has 0 bridgehead atoms. The van der Waals surface area contributed by atoms with Gasteiger partial charge in [-0.1, -0.05) is 0 Å². The van der Waals surface area contributed by atoms with E-state index < -0.39 is 0 Å². The van der Waals surface area contributed by atoms with Crippen molar-refractivity contribution in [1.82, 2.24) is 15.1 Å². The van der Waals surface area contributed by atoms with Crippen LogP contribution in [0.5, 0.6) is 0 Å². The quantitative estimate of drug-likeness (QED) is 0.778. The van der Waals surface area contributed by atoms with Gasteiger partial charge in [0.05, 0.1) is 17.8 Å². The molecule has 7 heteroatoms. The summed E-state index contributed by atoms with van der Waals surface area (Å²) in [5.41, 5.74) is 7.68. The van der Waals surface area contributed by atoms with Gasteiger partial charge in [0.2, 0.25) is 0 Å². The molecule has 2 aromatic rings. The summed E-state index contributed by atoms with van der Waals surface area (Å²) in [5.74, 6) is 0.517. The van der Waals surface area contributed by atoms with E-state index in [0.717, 1.165) is 5.56 Å². The largest absolute Gasteiger partial charge is 0.384 e.